The van der Waals surface area contributed by atoms with E-state index < -0.39 is 59.5 Å². The highest BCUT2D eigenvalue weighted by Gasteiger charge is 2.54. The molecule has 3 atom stereocenters. The van der Waals surface area contributed by atoms with E-state index in [9.17, 15) is 24.0 Å². The molecule has 56 heavy (non-hydrogen) atoms. The Morgan fingerprint density at radius 1 is 0.804 bits per heavy atom. The fourth-order valence-corrected chi connectivity index (χ4v) is 7.93. The van der Waals surface area contributed by atoms with Crippen LogP contribution in [0.15, 0.2) is 145 Å². The predicted octanol–water partition coefficient (Wildman–Crippen LogP) is 6.78. The molecule has 1 saturated heterocycles. The molecule has 2 N–H and O–H groups in total. The zero-order valence-electron chi connectivity index (χ0n) is 30.9. The molecule has 1 fully saturated rings. The minimum atomic E-state index is -1.11. The van der Waals surface area contributed by atoms with Crippen LogP contribution in [-0.4, -0.2) is 64.6 Å². The quantitative estimate of drug-likeness (QED) is 0.0717. The van der Waals surface area contributed by atoms with E-state index in [4.69, 9.17) is 14.2 Å². The van der Waals surface area contributed by atoms with Crippen molar-refractivity contribution in [1.82, 2.24) is 15.5 Å². The van der Waals surface area contributed by atoms with Crippen LogP contribution < -0.4 is 10.6 Å². The molecule has 0 aliphatic carbocycles. The molecule has 0 bridgehead atoms. The molecule has 2 aliphatic rings. The van der Waals surface area contributed by atoms with Crippen molar-refractivity contribution in [3.05, 3.63) is 168 Å². The van der Waals surface area contributed by atoms with Gasteiger partial charge in [-0.1, -0.05) is 134 Å². The number of rotatable bonds is 16. The summed E-state index contributed by atoms with van der Waals surface area (Å²) in [6, 6.07) is 35.2. The number of esters is 2. The van der Waals surface area contributed by atoms with Crippen molar-refractivity contribution in [1.29, 1.82) is 0 Å². The van der Waals surface area contributed by atoms with Gasteiger partial charge >= 0.3 is 18.0 Å². The van der Waals surface area contributed by atoms with Crippen molar-refractivity contribution < 1.29 is 38.2 Å². The number of carbonyl (C=O) groups excluding carboxylic acids is 5. The Hall–Kier alpha value is -6.14. The lowest BCUT2D eigenvalue weighted by Gasteiger charge is -2.49. The summed E-state index contributed by atoms with van der Waals surface area (Å²) >= 11 is 1.41. The van der Waals surface area contributed by atoms with Gasteiger partial charge in [0.25, 0.3) is 5.91 Å². The molecule has 0 radical (unpaired) electrons. The first kappa shape index (κ1) is 39.6. The van der Waals surface area contributed by atoms with Crippen molar-refractivity contribution in [2.45, 2.75) is 55.9 Å². The van der Waals surface area contributed by atoms with Crippen LogP contribution in [0.25, 0.3) is 0 Å². The number of benzene rings is 4. The molecule has 3 amide bonds. The van der Waals surface area contributed by atoms with Gasteiger partial charge in [0.1, 0.15) is 23.2 Å². The number of alkyl carbamates (subject to hydrolysis) is 1. The van der Waals surface area contributed by atoms with E-state index in [2.05, 4.69) is 17.2 Å². The number of fused-ring (bicyclic) bond motifs is 1. The molecule has 6 rings (SSSR count). The van der Waals surface area contributed by atoms with E-state index >= 15 is 0 Å². The third-order valence-corrected chi connectivity index (χ3v) is 10.7. The summed E-state index contributed by atoms with van der Waals surface area (Å²) in [6.07, 6.45) is -0.493. The number of hydrogen-bond donors (Lipinski definition) is 2. The molecule has 2 unspecified atom stereocenters. The summed E-state index contributed by atoms with van der Waals surface area (Å²) in [5.74, 6) is -1.85. The van der Waals surface area contributed by atoms with Crippen LogP contribution >= 0.6 is 11.8 Å². The van der Waals surface area contributed by atoms with Gasteiger partial charge in [-0.2, -0.15) is 0 Å². The molecule has 11 nitrogen and oxygen atoms in total. The van der Waals surface area contributed by atoms with Crippen molar-refractivity contribution in [2.24, 2.45) is 0 Å². The summed E-state index contributed by atoms with van der Waals surface area (Å²) in [7, 11) is 0. The van der Waals surface area contributed by atoms with Crippen molar-refractivity contribution >= 4 is 41.6 Å². The van der Waals surface area contributed by atoms with E-state index in [0.717, 1.165) is 22.3 Å². The van der Waals surface area contributed by atoms with Gasteiger partial charge < -0.3 is 24.8 Å². The minimum absolute atomic E-state index is 0.0469. The second-order valence-corrected chi connectivity index (χ2v) is 14.2. The maximum atomic E-state index is 13.9. The number of thioether (sulfide) groups is 1. The third-order valence-electron chi connectivity index (χ3n) is 9.37. The molecule has 0 aromatic heterocycles. The highest BCUT2D eigenvalue weighted by Crippen LogP contribution is 2.42. The second kappa shape index (κ2) is 18.9. The SMILES string of the molecule is C=CC1=C(C(=O)OC(c2ccccc2)c2ccccc2)N2C(=O)C(NC(=O)CCCC(NC(=O)OCC)C(=O)OC(c3ccccc3)c3ccccc3)[C@H]2SC1. The van der Waals surface area contributed by atoms with Crippen LogP contribution in [0.5, 0.6) is 0 Å². The highest BCUT2D eigenvalue weighted by atomic mass is 32.2. The van der Waals surface area contributed by atoms with Gasteiger partial charge in [-0.25, -0.2) is 14.4 Å². The van der Waals surface area contributed by atoms with E-state index in [0.29, 0.717) is 11.3 Å². The smallest absolute Gasteiger partial charge is 0.407 e. The molecule has 4 aromatic carbocycles. The number of ether oxygens (including phenoxy) is 3. The number of nitrogens with one attached hydrogen (secondary N) is 2. The van der Waals surface area contributed by atoms with Crippen molar-refractivity contribution in [2.75, 3.05) is 12.4 Å². The van der Waals surface area contributed by atoms with Crippen LogP contribution in [0.2, 0.25) is 0 Å². The summed E-state index contributed by atoms with van der Waals surface area (Å²) in [5.41, 5.74) is 3.71. The number of allylic oxidation sites excluding steroid dienone is 1. The van der Waals surface area contributed by atoms with Crippen LogP contribution in [0.3, 0.4) is 0 Å². The molecule has 12 heteroatoms. The fraction of sp³-hybridized carbons (Fsp3) is 0.250. The average molecular weight is 774 g/mol. The fourth-order valence-electron chi connectivity index (χ4n) is 6.59. The number of hydrogen-bond acceptors (Lipinski definition) is 9. The standard InChI is InChI=1S/C44H43N3O8S/c1-3-29-28-56-41-36(40(49)47(41)37(29)43(51)55-39(32-22-13-7-14-23-32)33-24-15-8-16-25-33)46-35(48)27-17-26-34(45-44(52)53-4-2)42(50)54-38(30-18-9-5-10-19-30)31-20-11-6-12-21-31/h3,5-16,18-25,34,36,38-39,41H,1,4,17,26-28H2,2H3,(H,45,52)(H,46,48)/t34?,36?,41-/m1/s1. The Balaban J connectivity index is 1.09. The normalized spacial score (nSPS) is 16.6. The molecule has 0 saturated carbocycles. The highest BCUT2D eigenvalue weighted by molar-refractivity contribution is 8.00. The molecule has 0 spiro atoms. The number of carbonyl (C=O) groups is 5. The Bertz CT molecular complexity index is 1970. The van der Waals surface area contributed by atoms with Crippen LogP contribution in [-0.2, 0) is 33.4 Å². The number of nitrogens with zero attached hydrogens (tertiary/aromatic N) is 1. The van der Waals surface area contributed by atoms with Gasteiger partial charge in [0.2, 0.25) is 5.91 Å². The molecule has 288 valence electrons. The molecular weight excluding hydrogens is 731 g/mol. The Morgan fingerprint density at radius 3 is 1.79 bits per heavy atom. The Morgan fingerprint density at radius 2 is 1.30 bits per heavy atom. The van der Waals surface area contributed by atoms with Gasteiger partial charge in [0.05, 0.1) is 6.61 Å². The van der Waals surface area contributed by atoms with Gasteiger partial charge in [0, 0.05) is 12.2 Å². The lowest BCUT2D eigenvalue weighted by molar-refractivity contribution is -0.154. The number of amides is 3. The van der Waals surface area contributed by atoms with Crippen LogP contribution in [0.1, 0.15) is 60.6 Å². The first-order chi connectivity index (χ1) is 27.3. The number of β-lactam (4-membered cyclic amide) rings is 1. The second-order valence-electron chi connectivity index (χ2n) is 13.1. The Labute approximate surface area is 330 Å². The van der Waals surface area contributed by atoms with Crippen molar-refractivity contribution in [3.63, 3.8) is 0 Å². The summed E-state index contributed by atoms with van der Waals surface area (Å²) < 4.78 is 17.2. The zero-order valence-corrected chi connectivity index (χ0v) is 31.7. The first-order valence-corrected chi connectivity index (χ1v) is 19.5. The summed E-state index contributed by atoms with van der Waals surface area (Å²) in [5, 5.41) is 4.85. The lowest BCUT2D eigenvalue weighted by Crippen LogP contribution is -2.70. The molecule has 4 aromatic rings. The summed E-state index contributed by atoms with van der Waals surface area (Å²) in [4.78, 5) is 68.2. The van der Waals surface area contributed by atoms with E-state index in [1.807, 2.05) is 121 Å². The van der Waals surface area contributed by atoms with Gasteiger partial charge in [-0.15, -0.1) is 11.8 Å². The third kappa shape index (κ3) is 9.38. The lowest BCUT2D eigenvalue weighted by atomic mass is 10.0. The van der Waals surface area contributed by atoms with Crippen molar-refractivity contribution in [3.8, 4) is 0 Å². The largest absolute Gasteiger partial charge is 0.451 e. The van der Waals surface area contributed by atoms with E-state index in [1.54, 1.807) is 13.0 Å². The Kier molecular flexibility index (Phi) is 13.4. The maximum Gasteiger partial charge on any atom is 0.407 e. The molecule has 2 heterocycles. The van der Waals surface area contributed by atoms with Gasteiger partial charge in [-0.05, 0) is 47.6 Å². The first-order valence-electron chi connectivity index (χ1n) is 18.4. The van der Waals surface area contributed by atoms with Gasteiger partial charge in [-0.3, -0.25) is 14.5 Å². The average Bonchev–Trinajstić information content (AvgIpc) is 3.24. The summed E-state index contributed by atoms with van der Waals surface area (Å²) in [6.45, 7) is 5.62. The molecule has 2 aliphatic heterocycles. The monoisotopic (exact) mass is 773 g/mol. The van der Waals surface area contributed by atoms with Gasteiger partial charge in [0.15, 0.2) is 12.2 Å². The zero-order chi connectivity index (χ0) is 39.4. The van der Waals surface area contributed by atoms with E-state index in [-0.39, 0.29) is 31.6 Å². The van der Waals surface area contributed by atoms with Crippen LogP contribution in [0.4, 0.5) is 4.79 Å². The molecular formula is C44H43N3O8S. The minimum Gasteiger partial charge on any atom is -0.451 e. The predicted molar refractivity (Wildman–Crippen MR) is 212 cm³/mol. The topological polar surface area (TPSA) is 140 Å². The van der Waals surface area contributed by atoms with E-state index in [1.165, 1.54) is 16.7 Å². The maximum absolute atomic E-state index is 13.9. The van der Waals surface area contributed by atoms with Crippen LogP contribution in [0, 0.1) is 0 Å².